The number of aliphatic hydroxyl groups excluding tert-OH is 2. The van der Waals surface area contributed by atoms with Crippen molar-refractivity contribution in [2.75, 3.05) is 26.4 Å². The van der Waals surface area contributed by atoms with Crippen LogP contribution in [0, 0.1) is 0 Å². The number of hydrogen-bond acceptors (Lipinski definition) is 8. The Hall–Kier alpha value is -1.54. The van der Waals surface area contributed by atoms with E-state index in [1.807, 2.05) is 0 Å². The van der Waals surface area contributed by atoms with Crippen LogP contribution in [0.3, 0.4) is 0 Å². The van der Waals surface area contributed by atoms with Gasteiger partial charge >= 0.3 is 12.3 Å². The van der Waals surface area contributed by atoms with E-state index in [0.717, 1.165) is 0 Å². The van der Waals surface area contributed by atoms with Gasteiger partial charge in [-0.25, -0.2) is 9.59 Å². The zero-order valence-corrected chi connectivity index (χ0v) is 10.3. The van der Waals surface area contributed by atoms with Gasteiger partial charge in [0, 0.05) is 0 Å². The Labute approximate surface area is 104 Å². The van der Waals surface area contributed by atoms with Crippen molar-refractivity contribution in [3.8, 4) is 0 Å². The Bertz CT molecular complexity index is 224. The van der Waals surface area contributed by atoms with Gasteiger partial charge in [-0.3, -0.25) is 0 Å². The number of carbonyl (C=O) groups excluding carboxylic acids is 2. The third-order valence-electron chi connectivity index (χ3n) is 1.41. The van der Waals surface area contributed by atoms with Gasteiger partial charge in [-0.2, -0.15) is 0 Å². The van der Waals surface area contributed by atoms with Crippen molar-refractivity contribution >= 4 is 12.3 Å². The van der Waals surface area contributed by atoms with Crippen LogP contribution in [0.15, 0.2) is 0 Å². The van der Waals surface area contributed by atoms with E-state index in [1.54, 1.807) is 0 Å². The zero-order chi connectivity index (χ0) is 14.0. The van der Waals surface area contributed by atoms with E-state index in [2.05, 4.69) is 18.9 Å². The molecule has 2 atom stereocenters. The molecule has 0 aromatic heterocycles. The van der Waals surface area contributed by atoms with Crippen molar-refractivity contribution in [3.63, 3.8) is 0 Å². The predicted octanol–water partition coefficient (Wildman–Crippen LogP) is 0.0544. The summed E-state index contributed by atoms with van der Waals surface area (Å²) in [5.41, 5.74) is 0. The molecule has 0 spiro atoms. The van der Waals surface area contributed by atoms with E-state index in [0.29, 0.717) is 0 Å². The van der Waals surface area contributed by atoms with E-state index < -0.39 is 24.5 Å². The van der Waals surface area contributed by atoms with Crippen LogP contribution < -0.4 is 0 Å². The molecule has 0 aromatic carbocycles. The van der Waals surface area contributed by atoms with Gasteiger partial charge in [0.05, 0.1) is 12.2 Å². The van der Waals surface area contributed by atoms with Crippen LogP contribution in [0.2, 0.25) is 0 Å². The highest BCUT2D eigenvalue weighted by Crippen LogP contribution is 1.92. The lowest BCUT2D eigenvalue weighted by Crippen LogP contribution is -2.20. The number of carbonyl (C=O) groups is 2. The van der Waals surface area contributed by atoms with Gasteiger partial charge in [-0.05, 0) is 13.8 Å². The first-order valence-corrected chi connectivity index (χ1v) is 5.37. The van der Waals surface area contributed by atoms with Gasteiger partial charge in [0.15, 0.2) is 0 Å². The van der Waals surface area contributed by atoms with Gasteiger partial charge in [-0.15, -0.1) is 0 Å². The molecular weight excluding hydrogens is 248 g/mol. The topological polar surface area (TPSA) is 112 Å². The largest absolute Gasteiger partial charge is 0.508 e. The van der Waals surface area contributed by atoms with Gasteiger partial charge in [0.25, 0.3) is 0 Å². The molecule has 0 bridgehead atoms. The lowest BCUT2D eigenvalue weighted by Gasteiger charge is -2.09. The molecule has 0 radical (unpaired) electrons. The standard InChI is InChI=1S/C10H18O8/c1-7(11)5-17-9(13)15-3-4-16-10(14)18-6-8(2)12/h7-8,11-12H,3-6H2,1-2H3. The Morgan fingerprint density at radius 3 is 1.44 bits per heavy atom. The van der Waals surface area contributed by atoms with Crippen LogP contribution in [-0.4, -0.2) is 61.2 Å². The highest BCUT2D eigenvalue weighted by molar-refractivity contribution is 5.60. The fraction of sp³-hybridized carbons (Fsp3) is 0.800. The highest BCUT2D eigenvalue weighted by atomic mass is 16.7. The Kier molecular flexibility index (Phi) is 8.67. The average molecular weight is 266 g/mol. The molecule has 0 saturated carbocycles. The van der Waals surface area contributed by atoms with Crippen molar-refractivity contribution in [2.45, 2.75) is 26.1 Å². The molecule has 8 heteroatoms. The normalized spacial score (nSPS) is 13.3. The summed E-state index contributed by atoms with van der Waals surface area (Å²) in [5, 5.41) is 17.6. The van der Waals surface area contributed by atoms with E-state index in [-0.39, 0.29) is 26.4 Å². The maximum absolute atomic E-state index is 10.8. The summed E-state index contributed by atoms with van der Waals surface area (Å²) in [6, 6.07) is 0. The minimum atomic E-state index is -0.961. The summed E-state index contributed by atoms with van der Waals surface area (Å²) >= 11 is 0. The van der Waals surface area contributed by atoms with Crippen LogP contribution in [0.25, 0.3) is 0 Å². The Morgan fingerprint density at radius 2 is 1.17 bits per heavy atom. The first kappa shape index (κ1) is 16.5. The molecule has 0 aliphatic rings. The van der Waals surface area contributed by atoms with Crippen molar-refractivity contribution < 1.29 is 38.7 Å². The number of ether oxygens (including phenoxy) is 4. The maximum Gasteiger partial charge on any atom is 0.508 e. The molecule has 0 aliphatic carbocycles. The lowest BCUT2D eigenvalue weighted by molar-refractivity contribution is -0.00269. The third-order valence-corrected chi connectivity index (χ3v) is 1.41. The summed E-state index contributed by atoms with van der Waals surface area (Å²) in [5.74, 6) is 0. The summed E-state index contributed by atoms with van der Waals surface area (Å²) in [6.45, 7) is 2.18. The summed E-state index contributed by atoms with van der Waals surface area (Å²) < 4.78 is 18.0. The second kappa shape index (κ2) is 9.49. The quantitative estimate of drug-likeness (QED) is 0.491. The fourth-order valence-corrected chi connectivity index (χ4v) is 0.711. The van der Waals surface area contributed by atoms with E-state index in [1.165, 1.54) is 13.8 Å². The van der Waals surface area contributed by atoms with Gasteiger partial charge in [0.2, 0.25) is 0 Å². The van der Waals surface area contributed by atoms with Gasteiger partial charge in [0.1, 0.15) is 26.4 Å². The average Bonchev–Trinajstić information content (AvgIpc) is 2.29. The number of aliphatic hydroxyl groups is 2. The minimum absolute atomic E-state index is 0.171. The smallest absolute Gasteiger partial charge is 0.432 e. The first-order valence-electron chi connectivity index (χ1n) is 5.37. The van der Waals surface area contributed by atoms with E-state index >= 15 is 0 Å². The molecule has 2 unspecified atom stereocenters. The lowest BCUT2D eigenvalue weighted by atomic mass is 10.5. The van der Waals surface area contributed by atoms with Crippen LogP contribution in [0.5, 0.6) is 0 Å². The molecule has 0 heterocycles. The molecule has 8 nitrogen and oxygen atoms in total. The van der Waals surface area contributed by atoms with E-state index in [4.69, 9.17) is 10.2 Å². The molecule has 0 amide bonds. The first-order chi connectivity index (χ1) is 8.41. The molecule has 0 saturated heterocycles. The Morgan fingerprint density at radius 1 is 0.833 bits per heavy atom. The molecule has 0 aromatic rings. The SMILES string of the molecule is CC(O)COC(=O)OCCOC(=O)OCC(C)O. The predicted molar refractivity (Wildman–Crippen MR) is 58.0 cm³/mol. The van der Waals surface area contributed by atoms with Crippen LogP contribution >= 0.6 is 0 Å². The van der Waals surface area contributed by atoms with Crippen molar-refractivity contribution in [1.82, 2.24) is 0 Å². The molecule has 106 valence electrons. The minimum Gasteiger partial charge on any atom is -0.432 e. The highest BCUT2D eigenvalue weighted by Gasteiger charge is 2.08. The van der Waals surface area contributed by atoms with Crippen molar-refractivity contribution in [3.05, 3.63) is 0 Å². The van der Waals surface area contributed by atoms with Gasteiger partial charge in [-0.1, -0.05) is 0 Å². The summed E-state index contributed by atoms with van der Waals surface area (Å²) in [6.07, 6.45) is -3.47. The zero-order valence-electron chi connectivity index (χ0n) is 10.3. The van der Waals surface area contributed by atoms with Crippen molar-refractivity contribution in [1.29, 1.82) is 0 Å². The second-order valence-corrected chi connectivity index (χ2v) is 3.52. The molecular formula is C10H18O8. The third kappa shape index (κ3) is 11.0. The monoisotopic (exact) mass is 266 g/mol. The van der Waals surface area contributed by atoms with Gasteiger partial charge < -0.3 is 29.2 Å². The second-order valence-electron chi connectivity index (χ2n) is 3.52. The molecule has 2 N–H and O–H groups in total. The molecule has 0 rings (SSSR count). The number of rotatable bonds is 7. The maximum atomic E-state index is 10.8. The molecule has 0 fully saturated rings. The van der Waals surface area contributed by atoms with Crippen LogP contribution in [0.1, 0.15) is 13.8 Å². The summed E-state index contributed by atoms with van der Waals surface area (Å²) in [4.78, 5) is 21.7. The fourth-order valence-electron chi connectivity index (χ4n) is 0.711. The van der Waals surface area contributed by atoms with Crippen LogP contribution in [-0.2, 0) is 18.9 Å². The van der Waals surface area contributed by atoms with E-state index in [9.17, 15) is 9.59 Å². The van der Waals surface area contributed by atoms with Crippen molar-refractivity contribution in [2.24, 2.45) is 0 Å². The summed E-state index contributed by atoms with van der Waals surface area (Å²) in [7, 11) is 0. The number of hydrogen-bond donors (Lipinski definition) is 2. The van der Waals surface area contributed by atoms with Crippen LogP contribution in [0.4, 0.5) is 9.59 Å². The molecule has 0 aliphatic heterocycles. The molecule has 18 heavy (non-hydrogen) atoms. The Balaban J connectivity index is 3.44.